The molecule has 0 saturated carbocycles. The number of phenolic OH excluding ortho intramolecular Hbond substituents is 2. The summed E-state index contributed by atoms with van der Waals surface area (Å²) in [5, 5.41) is 18.9. The van der Waals surface area contributed by atoms with E-state index in [0.717, 1.165) is 13.2 Å². The molecule has 0 spiro atoms. The lowest BCUT2D eigenvalue weighted by Gasteiger charge is -2.07. The molecule has 0 saturated heterocycles. The Labute approximate surface area is 85.9 Å². The van der Waals surface area contributed by atoms with Crippen molar-refractivity contribution in [2.45, 2.75) is 6.92 Å². The summed E-state index contributed by atoms with van der Waals surface area (Å²) in [5.41, 5.74) is -0.432. The summed E-state index contributed by atoms with van der Waals surface area (Å²) in [6.07, 6.45) is 0. The minimum Gasteiger partial charge on any atom is -0.507 e. The lowest BCUT2D eigenvalue weighted by Crippen LogP contribution is -2.04. The van der Waals surface area contributed by atoms with Crippen molar-refractivity contribution in [3.05, 3.63) is 23.3 Å². The molecule has 0 unspecified atom stereocenters. The fraction of sp³-hybridized carbons (Fsp3) is 0.200. The molecule has 5 heteroatoms. The Morgan fingerprint density at radius 2 is 1.87 bits per heavy atom. The molecule has 80 valence electrons. The van der Waals surface area contributed by atoms with E-state index in [1.165, 1.54) is 13.0 Å². The number of benzene rings is 1. The van der Waals surface area contributed by atoms with E-state index in [1.807, 2.05) is 0 Å². The van der Waals surface area contributed by atoms with E-state index < -0.39 is 17.5 Å². The van der Waals surface area contributed by atoms with Crippen molar-refractivity contribution >= 4 is 11.8 Å². The van der Waals surface area contributed by atoms with Crippen molar-refractivity contribution in [3.63, 3.8) is 0 Å². The molecule has 1 aromatic rings. The molecule has 0 aliphatic carbocycles. The number of hydrogen-bond donors (Lipinski definition) is 2. The Kier molecular flexibility index (Phi) is 2.94. The van der Waals surface area contributed by atoms with Crippen molar-refractivity contribution in [3.8, 4) is 11.5 Å². The van der Waals surface area contributed by atoms with Gasteiger partial charge in [-0.1, -0.05) is 0 Å². The van der Waals surface area contributed by atoms with Crippen LogP contribution < -0.4 is 0 Å². The maximum Gasteiger partial charge on any atom is 0.341 e. The number of phenols is 2. The number of aromatic hydroxyl groups is 2. The predicted octanol–water partition coefficient (Wildman–Crippen LogP) is 1.09. The van der Waals surface area contributed by atoms with Crippen molar-refractivity contribution in [1.82, 2.24) is 0 Å². The van der Waals surface area contributed by atoms with E-state index in [2.05, 4.69) is 4.74 Å². The van der Waals surface area contributed by atoms with Gasteiger partial charge in [-0.3, -0.25) is 4.79 Å². The number of carbonyl (C=O) groups excluding carboxylic acids is 2. The number of methoxy groups -OCH3 is 1. The number of ketones is 1. The molecule has 0 aromatic heterocycles. The van der Waals surface area contributed by atoms with Crippen LogP contribution in [0, 0.1) is 0 Å². The van der Waals surface area contributed by atoms with Gasteiger partial charge in [-0.2, -0.15) is 0 Å². The van der Waals surface area contributed by atoms with E-state index in [1.54, 1.807) is 0 Å². The molecule has 0 bridgehead atoms. The summed E-state index contributed by atoms with van der Waals surface area (Å²) in [4.78, 5) is 22.2. The summed E-state index contributed by atoms with van der Waals surface area (Å²) in [6.45, 7) is 1.18. The smallest absolute Gasteiger partial charge is 0.341 e. The van der Waals surface area contributed by atoms with E-state index in [4.69, 9.17) is 0 Å². The average Bonchev–Trinajstić information content (AvgIpc) is 2.16. The second-order valence-corrected chi connectivity index (χ2v) is 2.90. The first-order valence-electron chi connectivity index (χ1n) is 4.13. The Morgan fingerprint density at radius 3 is 2.33 bits per heavy atom. The largest absolute Gasteiger partial charge is 0.507 e. The third kappa shape index (κ3) is 1.90. The van der Waals surface area contributed by atoms with Crippen molar-refractivity contribution in [2.75, 3.05) is 7.11 Å². The van der Waals surface area contributed by atoms with Gasteiger partial charge in [0.25, 0.3) is 0 Å². The van der Waals surface area contributed by atoms with Gasteiger partial charge in [-0.25, -0.2) is 4.79 Å². The van der Waals surface area contributed by atoms with E-state index in [9.17, 15) is 19.8 Å². The van der Waals surface area contributed by atoms with Crippen LogP contribution in [0.2, 0.25) is 0 Å². The molecule has 0 heterocycles. The molecule has 0 aliphatic heterocycles. The topological polar surface area (TPSA) is 83.8 Å². The molecular weight excluding hydrogens is 200 g/mol. The molecule has 0 amide bonds. The summed E-state index contributed by atoms with van der Waals surface area (Å²) in [5.74, 6) is -2.23. The molecule has 0 radical (unpaired) electrons. The zero-order chi connectivity index (χ0) is 11.6. The molecule has 2 N–H and O–H groups in total. The highest BCUT2D eigenvalue weighted by Crippen LogP contribution is 2.31. The minimum atomic E-state index is -0.769. The quantitative estimate of drug-likeness (QED) is 0.563. The third-order valence-electron chi connectivity index (χ3n) is 1.91. The van der Waals surface area contributed by atoms with Crippen molar-refractivity contribution in [2.24, 2.45) is 0 Å². The number of ether oxygens (including phenoxy) is 1. The van der Waals surface area contributed by atoms with Crippen LogP contribution in [0.3, 0.4) is 0 Å². The first-order chi connectivity index (χ1) is 6.99. The van der Waals surface area contributed by atoms with Gasteiger partial charge < -0.3 is 14.9 Å². The Balaban J connectivity index is 3.41. The fourth-order valence-electron chi connectivity index (χ4n) is 1.20. The molecule has 5 nitrogen and oxygen atoms in total. The van der Waals surface area contributed by atoms with Crippen LogP contribution in [0.5, 0.6) is 11.5 Å². The molecule has 15 heavy (non-hydrogen) atoms. The number of carbonyl (C=O) groups is 2. The maximum absolute atomic E-state index is 11.1. The zero-order valence-corrected chi connectivity index (χ0v) is 8.27. The van der Waals surface area contributed by atoms with E-state index >= 15 is 0 Å². The fourth-order valence-corrected chi connectivity index (χ4v) is 1.20. The van der Waals surface area contributed by atoms with Crippen LogP contribution in [0.1, 0.15) is 27.6 Å². The van der Waals surface area contributed by atoms with Crippen LogP contribution in [-0.4, -0.2) is 29.1 Å². The van der Waals surface area contributed by atoms with E-state index in [0.29, 0.717) is 0 Å². The molecular formula is C10H10O5. The molecule has 1 aromatic carbocycles. The number of hydrogen-bond acceptors (Lipinski definition) is 5. The van der Waals surface area contributed by atoms with Gasteiger partial charge in [0.05, 0.1) is 7.11 Å². The van der Waals surface area contributed by atoms with Crippen molar-refractivity contribution < 1.29 is 24.5 Å². The lowest BCUT2D eigenvalue weighted by atomic mass is 10.0. The summed E-state index contributed by atoms with van der Waals surface area (Å²) < 4.78 is 4.40. The number of esters is 1. The van der Waals surface area contributed by atoms with Gasteiger partial charge in [-0.05, 0) is 19.1 Å². The van der Waals surface area contributed by atoms with Gasteiger partial charge in [0, 0.05) is 0 Å². The zero-order valence-electron chi connectivity index (χ0n) is 8.27. The Bertz CT molecular complexity index is 422. The highest BCUT2D eigenvalue weighted by atomic mass is 16.5. The van der Waals surface area contributed by atoms with Gasteiger partial charge >= 0.3 is 5.97 Å². The molecule has 0 fully saturated rings. The maximum atomic E-state index is 11.1. The van der Waals surface area contributed by atoms with Gasteiger partial charge in [0.15, 0.2) is 5.78 Å². The second-order valence-electron chi connectivity index (χ2n) is 2.90. The predicted molar refractivity (Wildman–Crippen MR) is 51.1 cm³/mol. The SMILES string of the molecule is COC(=O)c1ccc(O)c(C(C)=O)c1O. The monoisotopic (exact) mass is 210 g/mol. The Hall–Kier alpha value is -2.04. The third-order valence-corrected chi connectivity index (χ3v) is 1.91. The van der Waals surface area contributed by atoms with Crippen LogP contribution in [0.4, 0.5) is 0 Å². The van der Waals surface area contributed by atoms with Crippen LogP contribution in [-0.2, 0) is 4.74 Å². The molecule has 1 rings (SSSR count). The first kappa shape index (κ1) is 11.0. The standard InChI is InChI=1S/C10H10O5/c1-5(11)8-7(12)4-3-6(9(8)13)10(14)15-2/h3-4,12-13H,1-2H3. The van der Waals surface area contributed by atoms with Crippen LogP contribution >= 0.6 is 0 Å². The highest BCUT2D eigenvalue weighted by Gasteiger charge is 2.20. The highest BCUT2D eigenvalue weighted by molar-refractivity contribution is 6.04. The first-order valence-corrected chi connectivity index (χ1v) is 4.13. The summed E-state index contributed by atoms with van der Waals surface area (Å²) >= 11 is 0. The van der Waals surface area contributed by atoms with Crippen LogP contribution in [0.25, 0.3) is 0 Å². The van der Waals surface area contributed by atoms with E-state index in [-0.39, 0.29) is 16.9 Å². The minimum absolute atomic E-state index is 0.152. The number of rotatable bonds is 2. The van der Waals surface area contributed by atoms with Crippen molar-refractivity contribution in [1.29, 1.82) is 0 Å². The molecule has 0 aliphatic rings. The summed E-state index contributed by atoms with van der Waals surface area (Å²) in [6, 6.07) is 2.34. The Morgan fingerprint density at radius 1 is 1.27 bits per heavy atom. The van der Waals surface area contributed by atoms with Crippen LogP contribution in [0.15, 0.2) is 12.1 Å². The van der Waals surface area contributed by atoms with Gasteiger partial charge in [0.2, 0.25) is 0 Å². The normalized spacial score (nSPS) is 9.73. The second kappa shape index (κ2) is 4.00. The van der Waals surface area contributed by atoms with Gasteiger partial charge in [-0.15, -0.1) is 0 Å². The average molecular weight is 210 g/mol. The summed E-state index contributed by atoms with van der Waals surface area (Å²) in [7, 11) is 1.15. The number of Topliss-reactive ketones (excluding diaryl/α,β-unsaturated/α-hetero) is 1. The molecule has 0 atom stereocenters. The lowest BCUT2D eigenvalue weighted by molar-refractivity contribution is 0.0597. The van der Waals surface area contributed by atoms with Gasteiger partial charge in [0.1, 0.15) is 22.6 Å².